The molecule has 2 atom stereocenters. The van der Waals surface area contributed by atoms with Crippen molar-refractivity contribution in [2.75, 3.05) is 25.5 Å². The van der Waals surface area contributed by atoms with Gasteiger partial charge in [-0.05, 0) is 48.6 Å². The van der Waals surface area contributed by atoms with Crippen LogP contribution >= 0.6 is 0 Å². The van der Waals surface area contributed by atoms with Gasteiger partial charge in [-0.3, -0.25) is 24.6 Å². The van der Waals surface area contributed by atoms with E-state index in [2.05, 4.69) is 15.7 Å². The summed E-state index contributed by atoms with van der Waals surface area (Å²) in [6.07, 6.45) is 7.33. The molecule has 2 aromatic rings. The van der Waals surface area contributed by atoms with Crippen molar-refractivity contribution in [1.82, 2.24) is 20.5 Å². The molecule has 2 heterocycles. The number of nitrogens with one attached hydrogen (secondary N) is 2. The summed E-state index contributed by atoms with van der Waals surface area (Å²) in [6.45, 7) is 0.375. The highest BCUT2D eigenvalue weighted by atomic mass is 16.5. The fraction of sp³-hybridized carbons (Fsp3) is 0.462. The van der Waals surface area contributed by atoms with E-state index in [1.165, 1.54) is 5.01 Å². The Kier molecular flexibility index (Phi) is 8.50. The maximum absolute atomic E-state index is 13.4. The van der Waals surface area contributed by atoms with Crippen molar-refractivity contribution in [2.45, 2.75) is 44.6 Å². The molecular formula is C26H33N5O5. The number of ether oxygens (including phenoxy) is 1. The highest BCUT2D eigenvalue weighted by Crippen LogP contribution is 2.32. The van der Waals surface area contributed by atoms with Crippen molar-refractivity contribution in [2.24, 2.45) is 11.8 Å². The third-order valence-corrected chi connectivity index (χ3v) is 6.96. The van der Waals surface area contributed by atoms with Crippen molar-refractivity contribution >= 4 is 24.0 Å². The van der Waals surface area contributed by atoms with Gasteiger partial charge in [0.05, 0.1) is 19.6 Å². The minimum absolute atomic E-state index is 0.0975. The van der Waals surface area contributed by atoms with Gasteiger partial charge < -0.3 is 10.1 Å². The van der Waals surface area contributed by atoms with Gasteiger partial charge in [-0.15, -0.1) is 0 Å². The molecule has 1 saturated carbocycles. The Morgan fingerprint density at radius 1 is 1.19 bits per heavy atom. The van der Waals surface area contributed by atoms with Crippen LogP contribution in [0.5, 0.6) is 5.75 Å². The van der Waals surface area contributed by atoms with Crippen LogP contribution in [-0.4, -0.2) is 64.7 Å². The van der Waals surface area contributed by atoms with Gasteiger partial charge >= 0.3 is 0 Å². The first kappa shape index (κ1) is 25.6. The zero-order valence-corrected chi connectivity index (χ0v) is 20.4. The molecule has 10 heteroatoms. The van der Waals surface area contributed by atoms with E-state index in [1.54, 1.807) is 19.4 Å². The predicted octanol–water partition coefficient (Wildman–Crippen LogP) is 2.85. The van der Waals surface area contributed by atoms with Crippen molar-refractivity contribution in [3.8, 4) is 16.9 Å². The Bertz CT molecular complexity index is 1040. The quantitative estimate of drug-likeness (QED) is 0.263. The molecule has 3 amide bonds. The Morgan fingerprint density at radius 2 is 1.92 bits per heavy atom. The first-order valence-electron chi connectivity index (χ1n) is 12.4. The van der Waals surface area contributed by atoms with Crippen LogP contribution in [0.15, 0.2) is 42.6 Å². The van der Waals surface area contributed by atoms with Gasteiger partial charge in [0.2, 0.25) is 18.2 Å². The van der Waals surface area contributed by atoms with Gasteiger partial charge in [0.25, 0.3) is 0 Å². The molecule has 0 radical (unpaired) electrons. The summed E-state index contributed by atoms with van der Waals surface area (Å²) < 4.78 is 5.19. The molecule has 0 bridgehead atoms. The standard InChI is InChI=1S/C26H33N5O5/c1-36-22-9-6-19(7-10-22)20-8-11-24(27-15-20)29-25(33)23-12-13-28-31(23)26(34)21(16-30(35)17-32)14-18-4-2-3-5-18/h6-11,15,17-18,21,23,28,35H,2-5,12-14,16H2,1H3,(H,27,29,33)/t21-,23+/m1/s1. The molecule has 0 unspecified atom stereocenters. The third kappa shape index (κ3) is 6.19. The van der Waals surface area contributed by atoms with Crippen LogP contribution in [0.25, 0.3) is 11.1 Å². The Morgan fingerprint density at radius 3 is 2.56 bits per heavy atom. The smallest absolute Gasteiger partial charge is 0.250 e. The number of rotatable bonds is 10. The monoisotopic (exact) mass is 495 g/mol. The van der Waals surface area contributed by atoms with Gasteiger partial charge in [-0.25, -0.2) is 15.5 Å². The van der Waals surface area contributed by atoms with Crippen LogP contribution in [0, 0.1) is 11.8 Å². The molecule has 4 rings (SSSR count). The molecule has 192 valence electrons. The number of hydroxylamine groups is 2. The molecule has 0 spiro atoms. The number of anilines is 1. The van der Waals surface area contributed by atoms with Gasteiger partial charge in [-0.2, -0.15) is 0 Å². The number of aromatic nitrogens is 1. The van der Waals surface area contributed by atoms with Gasteiger partial charge in [-0.1, -0.05) is 37.8 Å². The van der Waals surface area contributed by atoms with Gasteiger partial charge in [0, 0.05) is 18.3 Å². The average Bonchev–Trinajstić information content (AvgIpc) is 3.61. The van der Waals surface area contributed by atoms with Crippen LogP contribution < -0.4 is 15.5 Å². The second-order valence-corrected chi connectivity index (χ2v) is 9.38. The van der Waals surface area contributed by atoms with Crippen LogP contribution in [-0.2, 0) is 14.4 Å². The van der Waals surface area contributed by atoms with E-state index < -0.39 is 12.0 Å². The lowest BCUT2D eigenvalue weighted by Gasteiger charge is -2.29. The molecule has 2 fully saturated rings. The van der Waals surface area contributed by atoms with Gasteiger partial charge in [0.1, 0.15) is 17.6 Å². The molecule has 10 nitrogen and oxygen atoms in total. The number of methoxy groups -OCH3 is 1. The zero-order valence-electron chi connectivity index (χ0n) is 20.4. The number of carbonyl (C=O) groups is 3. The molecule has 2 aliphatic rings. The maximum Gasteiger partial charge on any atom is 0.250 e. The van der Waals surface area contributed by atoms with Crippen molar-refractivity contribution < 1.29 is 24.3 Å². The maximum atomic E-state index is 13.4. The van der Waals surface area contributed by atoms with E-state index in [9.17, 15) is 19.6 Å². The molecule has 36 heavy (non-hydrogen) atoms. The summed E-state index contributed by atoms with van der Waals surface area (Å²) in [5.74, 6) is 0.315. The van der Waals surface area contributed by atoms with E-state index >= 15 is 0 Å². The highest BCUT2D eigenvalue weighted by Gasteiger charge is 2.39. The lowest BCUT2D eigenvalue weighted by molar-refractivity contribution is -0.159. The molecule has 1 aliphatic carbocycles. The average molecular weight is 496 g/mol. The van der Waals surface area contributed by atoms with Crippen molar-refractivity contribution in [3.63, 3.8) is 0 Å². The number of nitrogens with zero attached hydrogens (tertiary/aromatic N) is 3. The second kappa shape index (κ2) is 12.0. The highest BCUT2D eigenvalue weighted by molar-refractivity contribution is 5.97. The molecule has 3 N–H and O–H groups in total. The second-order valence-electron chi connectivity index (χ2n) is 9.38. The largest absolute Gasteiger partial charge is 0.497 e. The van der Waals surface area contributed by atoms with Crippen molar-refractivity contribution in [3.05, 3.63) is 42.6 Å². The fourth-order valence-electron chi connectivity index (χ4n) is 5.04. The SMILES string of the molecule is COc1ccc(-c2ccc(NC(=O)[C@@H]3CCNN3C(=O)[C@H](CC3CCCC3)CN(O)C=O)nc2)cc1. The van der Waals surface area contributed by atoms with E-state index in [0.717, 1.165) is 42.6 Å². The summed E-state index contributed by atoms with van der Waals surface area (Å²) >= 11 is 0. The summed E-state index contributed by atoms with van der Waals surface area (Å²) in [5, 5.41) is 14.5. The number of pyridine rings is 1. The van der Waals surface area contributed by atoms with Crippen LogP contribution in [0.2, 0.25) is 0 Å². The number of hydrogen-bond donors (Lipinski definition) is 3. The lowest BCUT2D eigenvalue weighted by atomic mass is 9.92. The third-order valence-electron chi connectivity index (χ3n) is 6.96. The predicted molar refractivity (Wildman–Crippen MR) is 133 cm³/mol. The molecule has 1 aromatic heterocycles. The van der Waals surface area contributed by atoms with Crippen LogP contribution in [0.3, 0.4) is 0 Å². The van der Waals surface area contributed by atoms with E-state index in [4.69, 9.17) is 4.74 Å². The normalized spacial score (nSPS) is 18.6. The Hall–Kier alpha value is -3.50. The Labute approximate surface area is 210 Å². The molecular weight excluding hydrogens is 462 g/mol. The number of benzene rings is 1. The lowest BCUT2D eigenvalue weighted by Crippen LogP contribution is -2.51. The molecule has 1 aliphatic heterocycles. The summed E-state index contributed by atoms with van der Waals surface area (Å²) in [5.41, 5.74) is 4.88. The van der Waals surface area contributed by atoms with Crippen LogP contribution in [0.4, 0.5) is 5.82 Å². The first-order valence-corrected chi connectivity index (χ1v) is 12.4. The summed E-state index contributed by atoms with van der Waals surface area (Å²) in [4.78, 5) is 41.9. The van der Waals surface area contributed by atoms with Crippen LogP contribution in [0.1, 0.15) is 38.5 Å². The fourth-order valence-corrected chi connectivity index (χ4v) is 5.04. The summed E-state index contributed by atoms with van der Waals surface area (Å²) in [7, 11) is 1.62. The number of carbonyl (C=O) groups excluding carboxylic acids is 3. The van der Waals surface area contributed by atoms with Crippen molar-refractivity contribution in [1.29, 1.82) is 0 Å². The molecule has 1 aromatic carbocycles. The first-order chi connectivity index (χ1) is 17.5. The number of amides is 3. The Balaban J connectivity index is 1.41. The number of hydrogen-bond acceptors (Lipinski definition) is 7. The minimum Gasteiger partial charge on any atom is -0.497 e. The minimum atomic E-state index is -0.713. The van der Waals surface area contributed by atoms with E-state index in [1.807, 2.05) is 30.3 Å². The van der Waals surface area contributed by atoms with Gasteiger partial charge in [0.15, 0.2) is 0 Å². The van der Waals surface area contributed by atoms with E-state index in [0.29, 0.717) is 42.6 Å². The molecule has 1 saturated heterocycles. The summed E-state index contributed by atoms with van der Waals surface area (Å²) in [6, 6.07) is 10.5. The zero-order chi connectivity index (χ0) is 25.5. The topological polar surface area (TPSA) is 124 Å². The van der Waals surface area contributed by atoms with E-state index in [-0.39, 0.29) is 18.4 Å². The number of hydrazine groups is 1.